The van der Waals surface area contributed by atoms with E-state index in [9.17, 15) is 9.59 Å². The Labute approximate surface area is 121 Å². The molecule has 0 fully saturated rings. The summed E-state index contributed by atoms with van der Waals surface area (Å²) in [5.41, 5.74) is 2.66. The first kappa shape index (κ1) is 13.4. The summed E-state index contributed by atoms with van der Waals surface area (Å²) in [6.07, 6.45) is 2.46. The van der Waals surface area contributed by atoms with E-state index in [1.54, 1.807) is 41.0 Å². The number of nitrogens with zero attached hydrogens (tertiary/aromatic N) is 3. The molecular formula is C15H15N3O3. The van der Waals surface area contributed by atoms with Crippen LogP contribution < -0.4 is 0 Å². The number of carbonyl (C=O) groups excluding carboxylic acids is 1. The minimum atomic E-state index is -0.953. The number of carboxylic acids is 1. The zero-order valence-corrected chi connectivity index (χ0v) is 11.6. The lowest BCUT2D eigenvalue weighted by Gasteiger charge is -2.28. The van der Waals surface area contributed by atoms with E-state index in [0.717, 1.165) is 17.5 Å². The molecule has 1 aromatic carbocycles. The van der Waals surface area contributed by atoms with Crippen molar-refractivity contribution < 1.29 is 14.7 Å². The summed E-state index contributed by atoms with van der Waals surface area (Å²) < 4.78 is 1.59. The van der Waals surface area contributed by atoms with Crippen molar-refractivity contribution in [3.05, 3.63) is 52.8 Å². The molecule has 3 rings (SSSR count). The second-order valence-electron chi connectivity index (χ2n) is 5.14. The number of carboxylic acid groups (broad SMARTS) is 1. The molecule has 1 aliphatic rings. The van der Waals surface area contributed by atoms with Gasteiger partial charge >= 0.3 is 5.97 Å². The first-order valence-corrected chi connectivity index (χ1v) is 6.68. The molecule has 0 bridgehead atoms. The van der Waals surface area contributed by atoms with E-state index in [1.165, 1.54) is 0 Å². The lowest BCUT2D eigenvalue weighted by Crippen LogP contribution is -2.36. The largest absolute Gasteiger partial charge is 0.478 e. The maximum atomic E-state index is 12.4. The Balaban J connectivity index is 1.84. The van der Waals surface area contributed by atoms with Gasteiger partial charge in [-0.3, -0.25) is 9.48 Å². The molecule has 1 amide bonds. The number of benzene rings is 1. The van der Waals surface area contributed by atoms with Crippen LogP contribution in [0.1, 0.15) is 32.0 Å². The van der Waals surface area contributed by atoms with Gasteiger partial charge in [0.2, 0.25) is 0 Å². The molecule has 2 aromatic rings. The number of hydrogen-bond donors (Lipinski definition) is 1. The fourth-order valence-electron chi connectivity index (χ4n) is 2.55. The van der Waals surface area contributed by atoms with Gasteiger partial charge in [-0.2, -0.15) is 5.10 Å². The summed E-state index contributed by atoms with van der Waals surface area (Å²) in [5.74, 6) is -1.08. The van der Waals surface area contributed by atoms with Crippen LogP contribution in [0.3, 0.4) is 0 Å². The Bertz CT molecular complexity index is 721. The minimum absolute atomic E-state index is 0.123. The molecule has 0 radical (unpaired) electrons. The van der Waals surface area contributed by atoms with Crippen LogP contribution in [0.25, 0.3) is 0 Å². The third-order valence-electron chi connectivity index (χ3n) is 3.69. The highest BCUT2D eigenvalue weighted by atomic mass is 16.4. The molecule has 6 heteroatoms. The van der Waals surface area contributed by atoms with Crippen LogP contribution in [-0.2, 0) is 20.0 Å². The predicted molar refractivity (Wildman–Crippen MR) is 75.1 cm³/mol. The average molecular weight is 285 g/mol. The zero-order chi connectivity index (χ0) is 15.0. The number of amides is 1. The van der Waals surface area contributed by atoms with E-state index in [0.29, 0.717) is 18.8 Å². The van der Waals surface area contributed by atoms with Gasteiger partial charge in [-0.15, -0.1) is 0 Å². The van der Waals surface area contributed by atoms with E-state index in [-0.39, 0.29) is 11.5 Å². The van der Waals surface area contributed by atoms with Gasteiger partial charge in [0.1, 0.15) is 5.69 Å². The van der Waals surface area contributed by atoms with Crippen molar-refractivity contribution >= 4 is 11.9 Å². The molecule has 1 N–H and O–H groups in total. The minimum Gasteiger partial charge on any atom is -0.478 e. The van der Waals surface area contributed by atoms with Gasteiger partial charge in [-0.25, -0.2) is 4.79 Å². The fraction of sp³-hybridized carbons (Fsp3) is 0.267. The molecule has 0 atom stereocenters. The normalized spacial score (nSPS) is 13.9. The molecule has 1 aromatic heterocycles. The van der Waals surface area contributed by atoms with Crippen LogP contribution in [0.5, 0.6) is 0 Å². The molecule has 0 saturated carbocycles. The number of aromatic nitrogens is 2. The van der Waals surface area contributed by atoms with Crippen LogP contribution in [-0.4, -0.2) is 38.2 Å². The summed E-state index contributed by atoms with van der Waals surface area (Å²) in [6.45, 7) is 1.04. The molecule has 108 valence electrons. The molecular weight excluding hydrogens is 270 g/mol. The van der Waals surface area contributed by atoms with E-state index in [1.807, 2.05) is 6.07 Å². The van der Waals surface area contributed by atoms with Gasteiger partial charge in [0.05, 0.1) is 5.56 Å². The third kappa shape index (κ3) is 2.52. The number of carbonyl (C=O) groups is 2. The van der Waals surface area contributed by atoms with Crippen molar-refractivity contribution in [3.8, 4) is 0 Å². The van der Waals surface area contributed by atoms with Crippen molar-refractivity contribution in [3.63, 3.8) is 0 Å². The lowest BCUT2D eigenvalue weighted by atomic mass is 9.97. The summed E-state index contributed by atoms with van der Waals surface area (Å²) in [4.78, 5) is 25.1. The summed E-state index contributed by atoms with van der Waals surface area (Å²) in [6, 6.07) is 6.78. The molecule has 0 saturated heterocycles. The number of aryl methyl sites for hydroxylation is 1. The highest BCUT2D eigenvalue weighted by molar-refractivity contribution is 5.92. The second kappa shape index (κ2) is 5.05. The number of rotatable bonds is 2. The summed E-state index contributed by atoms with van der Waals surface area (Å²) in [7, 11) is 1.77. The van der Waals surface area contributed by atoms with Crippen LogP contribution in [0.15, 0.2) is 30.5 Å². The monoisotopic (exact) mass is 285 g/mol. The second-order valence-corrected chi connectivity index (χ2v) is 5.14. The topological polar surface area (TPSA) is 75.4 Å². The maximum Gasteiger partial charge on any atom is 0.335 e. The predicted octanol–water partition coefficient (Wildman–Crippen LogP) is 1.32. The summed E-state index contributed by atoms with van der Waals surface area (Å²) >= 11 is 0. The Morgan fingerprint density at radius 3 is 2.71 bits per heavy atom. The standard InChI is InChI=1S/C15H15N3O3/c1-17-6-5-13(16-17)14(19)18-7-4-10-2-3-11(15(20)21)8-12(10)9-18/h2-3,5-6,8H,4,7,9H2,1H3,(H,20,21). The molecule has 0 aliphatic carbocycles. The van der Waals surface area contributed by atoms with Crippen LogP contribution in [0, 0.1) is 0 Å². The highest BCUT2D eigenvalue weighted by Crippen LogP contribution is 2.21. The van der Waals surface area contributed by atoms with Gasteiger partial charge in [-0.05, 0) is 35.7 Å². The number of fused-ring (bicyclic) bond motifs is 1. The van der Waals surface area contributed by atoms with Crippen molar-refractivity contribution in [1.29, 1.82) is 0 Å². The third-order valence-corrected chi connectivity index (χ3v) is 3.69. The van der Waals surface area contributed by atoms with Gasteiger partial charge < -0.3 is 10.0 Å². The Kier molecular flexibility index (Phi) is 3.21. The van der Waals surface area contributed by atoms with Crippen LogP contribution in [0.2, 0.25) is 0 Å². The highest BCUT2D eigenvalue weighted by Gasteiger charge is 2.23. The van der Waals surface area contributed by atoms with Gasteiger partial charge in [-0.1, -0.05) is 6.07 Å². The van der Waals surface area contributed by atoms with E-state index in [2.05, 4.69) is 5.10 Å². The number of aromatic carboxylic acids is 1. The SMILES string of the molecule is Cn1ccc(C(=O)N2CCc3ccc(C(=O)O)cc3C2)n1. The van der Waals surface area contributed by atoms with Gasteiger partial charge in [0.25, 0.3) is 5.91 Å². The van der Waals surface area contributed by atoms with Gasteiger partial charge in [0.15, 0.2) is 0 Å². The van der Waals surface area contributed by atoms with Crippen molar-refractivity contribution in [1.82, 2.24) is 14.7 Å². The first-order valence-electron chi connectivity index (χ1n) is 6.68. The Hall–Kier alpha value is -2.63. The molecule has 21 heavy (non-hydrogen) atoms. The Morgan fingerprint density at radius 1 is 1.24 bits per heavy atom. The van der Waals surface area contributed by atoms with Crippen LogP contribution in [0.4, 0.5) is 0 Å². The van der Waals surface area contributed by atoms with Crippen molar-refractivity contribution in [2.24, 2.45) is 7.05 Å². The molecule has 0 spiro atoms. The smallest absolute Gasteiger partial charge is 0.335 e. The molecule has 2 heterocycles. The van der Waals surface area contributed by atoms with Crippen LogP contribution >= 0.6 is 0 Å². The molecule has 0 unspecified atom stereocenters. The number of hydrogen-bond acceptors (Lipinski definition) is 3. The fourth-order valence-corrected chi connectivity index (χ4v) is 2.55. The molecule has 1 aliphatic heterocycles. The Morgan fingerprint density at radius 2 is 2.05 bits per heavy atom. The van der Waals surface area contributed by atoms with Gasteiger partial charge in [0, 0.05) is 26.3 Å². The maximum absolute atomic E-state index is 12.4. The lowest BCUT2D eigenvalue weighted by molar-refractivity contribution is 0.0696. The quantitative estimate of drug-likeness (QED) is 0.903. The first-order chi connectivity index (χ1) is 10.0. The van der Waals surface area contributed by atoms with E-state index >= 15 is 0 Å². The van der Waals surface area contributed by atoms with E-state index in [4.69, 9.17) is 5.11 Å². The zero-order valence-electron chi connectivity index (χ0n) is 11.6. The molecule has 6 nitrogen and oxygen atoms in total. The summed E-state index contributed by atoms with van der Waals surface area (Å²) in [5, 5.41) is 13.2. The van der Waals surface area contributed by atoms with Crippen molar-refractivity contribution in [2.75, 3.05) is 6.54 Å². The van der Waals surface area contributed by atoms with E-state index < -0.39 is 5.97 Å². The van der Waals surface area contributed by atoms with Crippen molar-refractivity contribution in [2.45, 2.75) is 13.0 Å². The average Bonchev–Trinajstić information content (AvgIpc) is 2.91.